The van der Waals surface area contributed by atoms with Crippen LogP contribution in [-0.4, -0.2) is 23.0 Å². The number of amides is 1. The van der Waals surface area contributed by atoms with Crippen LogP contribution in [0.5, 0.6) is 0 Å². The third-order valence-corrected chi connectivity index (χ3v) is 3.48. The summed E-state index contributed by atoms with van der Waals surface area (Å²) in [6, 6.07) is 7.59. The lowest BCUT2D eigenvalue weighted by Crippen LogP contribution is -2.42. The summed E-state index contributed by atoms with van der Waals surface area (Å²) in [6.45, 7) is 0. The van der Waals surface area contributed by atoms with Gasteiger partial charge in [0.1, 0.15) is 17.7 Å². The summed E-state index contributed by atoms with van der Waals surface area (Å²) in [7, 11) is 0. The highest BCUT2D eigenvalue weighted by molar-refractivity contribution is 6.31. The van der Waals surface area contributed by atoms with E-state index in [1.54, 1.807) is 24.3 Å². The molecule has 0 aliphatic heterocycles. The Labute approximate surface area is 135 Å². The molecular formula is C16H12ClF2NO3. The smallest absolute Gasteiger partial charge is 0.326 e. The molecule has 0 spiro atoms. The summed E-state index contributed by atoms with van der Waals surface area (Å²) < 4.78 is 26.3. The molecule has 0 radical (unpaired) electrons. The van der Waals surface area contributed by atoms with Gasteiger partial charge in [-0.2, -0.15) is 0 Å². The fourth-order valence-electron chi connectivity index (χ4n) is 2.01. The molecule has 2 aromatic carbocycles. The zero-order valence-electron chi connectivity index (χ0n) is 11.7. The summed E-state index contributed by atoms with van der Waals surface area (Å²) in [5.41, 5.74) is 0.236. The van der Waals surface area contributed by atoms with Crippen LogP contribution in [0.4, 0.5) is 8.78 Å². The molecule has 2 rings (SSSR count). The molecule has 0 aliphatic rings. The maximum atomic E-state index is 13.1. The van der Waals surface area contributed by atoms with Gasteiger partial charge in [-0.15, -0.1) is 0 Å². The minimum atomic E-state index is -1.28. The molecule has 2 aromatic rings. The summed E-state index contributed by atoms with van der Waals surface area (Å²) in [5, 5.41) is 11.8. The first-order valence-electron chi connectivity index (χ1n) is 6.60. The van der Waals surface area contributed by atoms with Crippen molar-refractivity contribution in [3.8, 4) is 0 Å². The van der Waals surface area contributed by atoms with Crippen LogP contribution in [0.3, 0.4) is 0 Å². The number of hydrogen-bond donors (Lipinski definition) is 2. The second kappa shape index (κ2) is 7.19. The molecule has 2 N–H and O–H groups in total. The Morgan fingerprint density at radius 3 is 2.30 bits per heavy atom. The number of carboxylic acid groups (broad SMARTS) is 1. The third kappa shape index (κ3) is 4.50. The van der Waals surface area contributed by atoms with Crippen LogP contribution >= 0.6 is 11.6 Å². The second-order valence-corrected chi connectivity index (χ2v) is 5.23. The maximum absolute atomic E-state index is 13.1. The van der Waals surface area contributed by atoms with Crippen molar-refractivity contribution in [3.63, 3.8) is 0 Å². The predicted molar refractivity (Wildman–Crippen MR) is 80.4 cm³/mol. The molecule has 7 heteroatoms. The number of nitrogens with one attached hydrogen (secondary N) is 1. The lowest BCUT2D eigenvalue weighted by molar-refractivity contribution is -0.139. The summed E-state index contributed by atoms with van der Waals surface area (Å²) in [5.74, 6) is -4.01. The molecule has 0 aromatic heterocycles. The summed E-state index contributed by atoms with van der Waals surface area (Å²) >= 11 is 5.96. The SMILES string of the molecule is O=C(N[C@@H](Cc1ccccc1Cl)C(=O)O)c1cc(F)cc(F)c1. The van der Waals surface area contributed by atoms with Crippen LogP contribution in [0.25, 0.3) is 0 Å². The van der Waals surface area contributed by atoms with Gasteiger partial charge in [0.25, 0.3) is 5.91 Å². The van der Waals surface area contributed by atoms with Crippen LogP contribution in [-0.2, 0) is 11.2 Å². The van der Waals surface area contributed by atoms with E-state index in [-0.39, 0.29) is 12.0 Å². The van der Waals surface area contributed by atoms with Gasteiger partial charge in [-0.05, 0) is 23.8 Å². The molecule has 23 heavy (non-hydrogen) atoms. The molecule has 0 saturated heterocycles. The zero-order chi connectivity index (χ0) is 17.0. The first kappa shape index (κ1) is 16.9. The molecule has 120 valence electrons. The van der Waals surface area contributed by atoms with Gasteiger partial charge in [0.05, 0.1) is 0 Å². The standard InChI is InChI=1S/C16H12ClF2NO3/c17-13-4-2-1-3-9(13)7-14(16(22)23)20-15(21)10-5-11(18)8-12(19)6-10/h1-6,8,14H,7H2,(H,20,21)(H,22,23)/t14-/m0/s1. The van der Waals surface area contributed by atoms with Crippen LogP contribution < -0.4 is 5.32 Å². The van der Waals surface area contributed by atoms with Crippen molar-refractivity contribution in [2.45, 2.75) is 12.5 Å². The van der Waals surface area contributed by atoms with E-state index < -0.39 is 29.6 Å². The Balaban J connectivity index is 2.18. The Hall–Kier alpha value is -2.47. The molecule has 0 fully saturated rings. The van der Waals surface area contributed by atoms with E-state index in [2.05, 4.69) is 5.32 Å². The quantitative estimate of drug-likeness (QED) is 0.880. The van der Waals surface area contributed by atoms with Gasteiger partial charge in [0.15, 0.2) is 0 Å². The number of hydrogen-bond acceptors (Lipinski definition) is 2. The number of halogens is 3. The number of aliphatic carboxylic acids is 1. The molecule has 1 amide bonds. The van der Waals surface area contributed by atoms with Crippen molar-refractivity contribution in [2.75, 3.05) is 0 Å². The minimum absolute atomic E-state index is 0.0570. The van der Waals surface area contributed by atoms with Crippen LogP contribution in [0.15, 0.2) is 42.5 Å². The average molecular weight is 340 g/mol. The zero-order valence-corrected chi connectivity index (χ0v) is 12.5. The molecule has 0 unspecified atom stereocenters. The van der Waals surface area contributed by atoms with Gasteiger partial charge in [-0.1, -0.05) is 29.8 Å². The van der Waals surface area contributed by atoms with E-state index in [0.29, 0.717) is 16.7 Å². The highest BCUT2D eigenvalue weighted by Crippen LogP contribution is 2.17. The second-order valence-electron chi connectivity index (χ2n) is 4.82. The Bertz CT molecular complexity index is 732. The number of carbonyl (C=O) groups is 2. The molecule has 0 heterocycles. The molecule has 0 aliphatic carbocycles. The van der Waals surface area contributed by atoms with Crippen molar-refractivity contribution < 1.29 is 23.5 Å². The predicted octanol–water partition coefficient (Wildman–Crippen LogP) is 3.04. The van der Waals surface area contributed by atoms with E-state index >= 15 is 0 Å². The largest absolute Gasteiger partial charge is 0.480 e. The number of carbonyl (C=O) groups excluding carboxylic acids is 1. The Morgan fingerprint density at radius 2 is 1.74 bits per heavy atom. The highest BCUT2D eigenvalue weighted by Gasteiger charge is 2.22. The molecule has 0 bridgehead atoms. The molecular weight excluding hydrogens is 328 g/mol. The number of benzene rings is 2. The van der Waals surface area contributed by atoms with Crippen LogP contribution in [0.1, 0.15) is 15.9 Å². The average Bonchev–Trinajstić information content (AvgIpc) is 2.47. The minimum Gasteiger partial charge on any atom is -0.480 e. The molecule has 4 nitrogen and oxygen atoms in total. The van der Waals surface area contributed by atoms with Gasteiger partial charge in [0.2, 0.25) is 0 Å². The van der Waals surface area contributed by atoms with Crippen molar-refractivity contribution in [1.29, 1.82) is 0 Å². The third-order valence-electron chi connectivity index (χ3n) is 3.11. The van der Waals surface area contributed by atoms with Crippen molar-refractivity contribution in [2.24, 2.45) is 0 Å². The summed E-state index contributed by atoms with van der Waals surface area (Å²) in [6.07, 6.45) is -0.0570. The Morgan fingerprint density at radius 1 is 1.13 bits per heavy atom. The van der Waals surface area contributed by atoms with Gasteiger partial charge in [-0.25, -0.2) is 13.6 Å². The molecule has 1 atom stereocenters. The van der Waals surface area contributed by atoms with E-state index in [1.807, 2.05) is 0 Å². The first-order chi connectivity index (χ1) is 10.9. The van der Waals surface area contributed by atoms with Crippen LogP contribution in [0, 0.1) is 11.6 Å². The lowest BCUT2D eigenvalue weighted by Gasteiger charge is -2.15. The van der Waals surface area contributed by atoms with E-state index in [0.717, 1.165) is 12.1 Å². The fraction of sp³-hybridized carbons (Fsp3) is 0.125. The van der Waals surface area contributed by atoms with Gasteiger partial charge in [-0.3, -0.25) is 4.79 Å². The number of rotatable bonds is 5. The van der Waals surface area contributed by atoms with E-state index in [1.165, 1.54) is 0 Å². The maximum Gasteiger partial charge on any atom is 0.326 e. The van der Waals surface area contributed by atoms with E-state index in [9.17, 15) is 23.5 Å². The lowest BCUT2D eigenvalue weighted by atomic mass is 10.1. The normalized spacial score (nSPS) is 11.8. The van der Waals surface area contributed by atoms with Gasteiger partial charge < -0.3 is 10.4 Å². The Kier molecular flexibility index (Phi) is 5.28. The van der Waals surface area contributed by atoms with Gasteiger partial charge in [0, 0.05) is 23.1 Å². The first-order valence-corrected chi connectivity index (χ1v) is 6.98. The fourth-order valence-corrected chi connectivity index (χ4v) is 2.22. The molecule has 0 saturated carbocycles. The number of carboxylic acids is 1. The van der Waals surface area contributed by atoms with Crippen molar-refractivity contribution in [1.82, 2.24) is 5.32 Å². The van der Waals surface area contributed by atoms with E-state index in [4.69, 9.17) is 11.6 Å². The topological polar surface area (TPSA) is 66.4 Å². The van der Waals surface area contributed by atoms with Crippen molar-refractivity contribution in [3.05, 3.63) is 70.2 Å². The van der Waals surface area contributed by atoms with Gasteiger partial charge >= 0.3 is 5.97 Å². The summed E-state index contributed by atoms with van der Waals surface area (Å²) in [4.78, 5) is 23.3. The van der Waals surface area contributed by atoms with Crippen molar-refractivity contribution >= 4 is 23.5 Å². The highest BCUT2D eigenvalue weighted by atomic mass is 35.5. The monoisotopic (exact) mass is 339 g/mol. The van der Waals surface area contributed by atoms with Crippen LogP contribution in [0.2, 0.25) is 5.02 Å².